The molecule has 0 aliphatic rings. The molecule has 1 amide bonds. The molecule has 1 aromatic carbocycles. The number of anilines is 1. The number of thioether (sulfide) groups is 1. The van der Waals surface area contributed by atoms with Gasteiger partial charge in [0.1, 0.15) is 5.82 Å². The number of thiophene rings is 1. The lowest BCUT2D eigenvalue weighted by molar-refractivity contribution is -0.113. The number of aromatic nitrogens is 3. The number of rotatable bonds is 8. The molecule has 0 saturated carbocycles. The van der Waals surface area contributed by atoms with Crippen LogP contribution in [0, 0.1) is 0 Å². The summed E-state index contributed by atoms with van der Waals surface area (Å²) in [7, 11) is 0. The van der Waals surface area contributed by atoms with Gasteiger partial charge in [-0.05, 0) is 29.6 Å². The fourth-order valence-corrected chi connectivity index (χ4v) is 4.27. The Morgan fingerprint density at radius 2 is 2.19 bits per heavy atom. The van der Waals surface area contributed by atoms with Crippen molar-refractivity contribution in [2.24, 2.45) is 0 Å². The van der Waals surface area contributed by atoms with Gasteiger partial charge in [-0.2, -0.15) is 0 Å². The van der Waals surface area contributed by atoms with Crippen molar-refractivity contribution < 1.29 is 4.79 Å². The minimum absolute atomic E-state index is 0.183. The molecular weight excluding hydrogens is 423 g/mol. The number of carbonyl (C=O) groups excluding carboxylic acids is 1. The quantitative estimate of drug-likeness (QED) is 0.389. The van der Waals surface area contributed by atoms with Crippen molar-refractivity contribution in [1.29, 1.82) is 0 Å². The van der Waals surface area contributed by atoms with E-state index in [1.807, 2.05) is 16.0 Å². The summed E-state index contributed by atoms with van der Waals surface area (Å²) in [6.07, 6.45) is 2.49. The van der Waals surface area contributed by atoms with Gasteiger partial charge in [-0.25, -0.2) is 0 Å². The Labute approximate surface area is 175 Å². The molecule has 2 heterocycles. The highest BCUT2D eigenvalue weighted by molar-refractivity contribution is 7.99. The lowest BCUT2D eigenvalue weighted by Crippen LogP contribution is -2.15. The van der Waals surface area contributed by atoms with Crippen molar-refractivity contribution in [2.75, 3.05) is 11.1 Å². The van der Waals surface area contributed by atoms with E-state index >= 15 is 0 Å². The zero-order valence-electron chi connectivity index (χ0n) is 14.2. The number of carbonyl (C=O) groups is 1. The van der Waals surface area contributed by atoms with Crippen molar-refractivity contribution >= 4 is 57.9 Å². The third-order valence-corrected chi connectivity index (χ3v) is 5.95. The Kier molecular flexibility index (Phi) is 6.95. The van der Waals surface area contributed by atoms with Gasteiger partial charge >= 0.3 is 0 Å². The number of nitrogens with one attached hydrogen (secondary N) is 1. The summed E-state index contributed by atoms with van der Waals surface area (Å²) in [6.45, 7) is 4.38. The van der Waals surface area contributed by atoms with Crippen LogP contribution in [0.1, 0.15) is 10.7 Å². The smallest absolute Gasteiger partial charge is 0.234 e. The molecule has 3 rings (SSSR count). The zero-order chi connectivity index (χ0) is 19.2. The maximum absolute atomic E-state index is 12.3. The van der Waals surface area contributed by atoms with E-state index in [-0.39, 0.29) is 11.7 Å². The van der Waals surface area contributed by atoms with Crippen molar-refractivity contribution in [3.8, 4) is 0 Å². The summed E-state index contributed by atoms with van der Waals surface area (Å²) in [5.74, 6) is 0.853. The van der Waals surface area contributed by atoms with Crippen LogP contribution in [0.2, 0.25) is 10.0 Å². The number of amides is 1. The summed E-state index contributed by atoms with van der Waals surface area (Å²) in [6, 6.07) is 9.01. The van der Waals surface area contributed by atoms with E-state index in [2.05, 4.69) is 28.2 Å². The second-order valence-corrected chi connectivity index (χ2v) is 8.33. The van der Waals surface area contributed by atoms with Crippen molar-refractivity contribution in [1.82, 2.24) is 14.8 Å². The van der Waals surface area contributed by atoms with Crippen molar-refractivity contribution in [3.05, 3.63) is 69.1 Å². The predicted molar refractivity (Wildman–Crippen MR) is 113 cm³/mol. The molecule has 0 aliphatic heterocycles. The number of hydrogen-bond acceptors (Lipinski definition) is 5. The molecule has 2 aromatic heterocycles. The molecule has 0 radical (unpaired) electrons. The van der Waals surface area contributed by atoms with Crippen LogP contribution in [0.3, 0.4) is 0 Å². The largest absolute Gasteiger partial charge is 0.324 e. The molecule has 27 heavy (non-hydrogen) atoms. The Morgan fingerprint density at radius 1 is 1.33 bits per heavy atom. The monoisotopic (exact) mass is 438 g/mol. The fourth-order valence-electron chi connectivity index (χ4n) is 2.35. The minimum atomic E-state index is -0.183. The first-order valence-electron chi connectivity index (χ1n) is 8.00. The van der Waals surface area contributed by atoms with Crippen LogP contribution in [-0.4, -0.2) is 26.4 Å². The average molecular weight is 439 g/mol. The summed E-state index contributed by atoms with van der Waals surface area (Å²) < 4.78 is 1.97. The number of nitrogens with zero attached hydrogens (tertiary/aromatic N) is 3. The number of benzene rings is 1. The zero-order valence-corrected chi connectivity index (χ0v) is 17.3. The summed E-state index contributed by atoms with van der Waals surface area (Å²) in [4.78, 5) is 13.5. The van der Waals surface area contributed by atoms with Crippen LogP contribution in [0.4, 0.5) is 5.69 Å². The van der Waals surface area contributed by atoms with Crippen molar-refractivity contribution in [2.45, 2.75) is 18.1 Å². The Hall–Kier alpha value is -1.80. The third-order valence-electron chi connectivity index (χ3n) is 3.56. The van der Waals surface area contributed by atoms with E-state index < -0.39 is 0 Å². The third kappa shape index (κ3) is 5.35. The molecule has 0 saturated heterocycles. The maximum Gasteiger partial charge on any atom is 0.234 e. The van der Waals surface area contributed by atoms with Gasteiger partial charge in [0, 0.05) is 22.9 Å². The summed E-state index contributed by atoms with van der Waals surface area (Å²) in [5, 5.41) is 14.9. The van der Waals surface area contributed by atoms with Gasteiger partial charge in [0.2, 0.25) is 5.91 Å². The van der Waals surface area contributed by atoms with Crippen LogP contribution < -0.4 is 5.32 Å². The second-order valence-electron chi connectivity index (χ2n) is 5.52. The molecular formula is C18H16Cl2N4OS2. The average Bonchev–Trinajstić information content (AvgIpc) is 3.27. The molecule has 0 aliphatic carbocycles. The molecule has 0 spiro atoms. The Balaban J connectivity index is 1.65. The molecule has 0 unspecified atom stereocenters. The highest BCUT2D eigenvalue weighted by atomic mass is 35.5. The van der Waals surface area contributed by atoms with Crippen LogP contribution in [0.5, 0.6) is 0 Å². The molecule has 3 aromatic rings. The molecule has 1 N–H and O–H groups in total. The standard InChI is InChI=1S/C18H16Cl2N4OS2/c1-2-7-24-16(10-13-4-3-8-26-13)22-23-18(24)27-11-17(25)21-15-6-5-12(19)9-14(15)20/h2-6,8-9H,1,7,10-11H2,(H,21,25). The Morgan fingerprint density at radius 3 is 2.89 bits per heavy atom. The van der Waals surface area contributed by atoms with E-state index in [4.69, 9.17) is 23.2 Å². The molecule has 5 nitrogen and oxygen atoms in total. The van der Waals surface area contributed by atoms with Gasteiger partial charge < -0.3 is 9.88 Å². The highest BCUT2D eigenvalue weighted by Crippen LogP contribution is 2.26. The first-order valence-corrected chi connectivity index (χ1v) is 10.6. The van der Waals surface area contributed by atoms with Gasteiger partial charge in [-0.3, -0.25) is 4.79 Å². The number of allylic oxidation sites excluding steroid dienone is 1. The normalized spacial score (nSPS) is 10.7. The first kappa shape index (κ1) is 19.9. The summed E-state index contributed by atoms with van der Waals surface area (Å²) >= 11 is 15.0. The summed E-state index contributed by atoms with van der Waals surface area (Å²) in [5.41, 5.74) is 0.526. The van der Waals surface area contributed by atoms with Crippen LogP contribution in [0.15, 0.2) is 53.5 Å². The second kappa shape index (κ2) is 9.41. The van der Waals surface area contributed by atoms with E-state index in [9.17, 15) is 4.79 Å². The number of halogens is 2. The van der Waals surface area contributed by atoms with Crippen LogP contribution >= 0.6 is 46.3 Å². The molecule has 0 fully saturated rings. The maximum atomic E-state index is 12.3. The molecule has 0 bridgehead atoms. The van der Waals surface area contributed by atoms with Crippen LogP contribution in [-0.2, 0) is 17.8 Å². The number of hydrogen-bond donors (Lipinski definition) is 1. The predicted octanol–water partition coefficient (Wildman–Crippen LogP) is 5.15. The minimum Gasteiger partial charge on any atom is -0.324 e. The lowest BCUT2D eigenvalue weighted by atomic mass is 10.3. The first-order chi connectivity index (χ1) is 13.1. The SMILES string of the molecule is C=CCn1c(Cc2cccs2)nnc1SCC(=O)Nc1ccc(Cl)cc1Cl. The topological polar surface area (TPSA) is 59.8 Å². The van der Waals surface area contributed by atoms with E-state index in [0.717, 1.165) is 5.82 Å². The highest BCUT2D eigenvalue weighted by Gasteiger charge is 2.15. The lowest BCUT2D eigenvalue weighted by Gasteiger charge is -2.09. The fraction of sp³-hybridized carbons (Fsp3) is 0.167. The van der Waals surface area contributed by atoms with Crippen LogP contribution in [0.25, 0.3) is 0 Å². The van der Waals surface area contributed by atoms with Crippen molar-refractivity contribution in [3.63, 3.8) is 0 Å². The molecule has 140 valence electrons. The Bertz CT molecular complexity index is 941. The van der Waals surface area contributed by atoms with E-state index in [1.165, 1.54) is 16.6 Å². The molecule has 9 heteroatoms. The van der Waals surface area contributed by atoms with Gasteiger partial charge in [0.05, 0.1) is 16.5 Å². The van der Waals surface area contributed by atoms with Gasteiger partial charge in [0.25, 0.3) is 0 Å². The van der Waals surface area contributed by atoms with E-state index in [1.54, 1.807) is 35.6 Å². The van der Waals surface area contributed by atoms with Gasteiger partial charge in [-0.1, -0.05) is 47.1 Å². The molecule has 0 atom stereocenters. The van der Waals surface area contributed by atoms with Gasteiger partial charge in [-0.15, -0.1) is 28.1 Å². The van der Waals surface area contributed by atoms with E-state index in [0.29, 0.717) is 33.9 Å². The van der Waals surface area contributed by atoms with Gasteiger partial charge in [0.15, 0.2) is 5.16 Å².